The van der Waals surface area contributed by atoms with Crippen LogP contribution in [0.5, 0.6) is 5.75 Å². The van der Waals surface area contributed by atoms with Crippen molar-refractivity contribution in [2.24, 2.45) is 0 Å². The molecule has 0 aliphatic heterocycles. The minimum atomic E-state index is -0.315. The summed E-state index contributed by atoms with van der Waals surface area (Å²) >= 11 is 3.34. The molecule has 1 N–H and O–H groups in total. The number of carbonyl (C=O) groups is 1. The summed E-state index contributed by atoms with van der Waals surface area (Å²) in [5.74, 6) is 0.434. The van der Waals surface area contributed by atoms with Crippen molar-refractivity contribution < 1.29 is 9.53 Å². The van der Waals surface area contributed by atoms with E-state index >= 15 is 0 Å². The van der Waals surface area contributed by atoms with Crippen molar-refractivity contribution in [2.75, 3.05) is 12.4 Å². The van der Waals surface area contributed by atoms with E-state index in [0.29, 0.717) is 15.8 Å². The molecule has 0 atom stereocenters. The van der Waals surface area contributed by atoms with Crippen molar-refractivity contribution >= 4 is 27.8 Å². The fourth-order valence-corrected chi connectivity index (χ4v) is 2.17. The number of para-hydroxylation sites is 1. The summed E-state index contributed by atoms with van der Waals surface area (Å²) in [6.45, 7) is 3.97. The van der Waals surface area contributed by atoms with E-state index in [0.717, 1.165) is 0 Å². The van der Waals surface area contributed by atoms with Crippen molar-refractivity contribution in [3.63, 3.8) is 0 Å². The van der Waals surface area contributed by atoms with Crippen LogP contribution in [0.1, 0.15) is 30.2 Å². The number of nitrogens with zero attached hydrogens (tertiary/aromatic N) is 3. The maximum atomic E-state index is 12.2. The Morgan fingerprint density at radius 2 is 2.20 bits per heavy atom. The summed E-state index contributed by atoms with van der Waals surface area (Å²) in [6, 6.07) is 5.44. The van der Waals surface area contributed by atoms with E-state index < -0.39 is 0 Å². The molecule has 0 fully saturated rings. The number of methoxy groups -OCH3 is 1. The summed E-state index contributed by atoms with van der Waals surface area (Å²) in [5, 5.41) is 6.83. The monoisotopic (exact) mass is 338 g/mol. The second-order valence-electron chi connectivity index (χ2n) is 4.42. The lowest BCUT2D eigenvalue weighted by atomic mass is 10.2. The minimum absolute atomic E-state index is 0.188. The number of aromatic nitrogens is 3. The largest absolute Gasteiger partial charge is 0.495 e. The number of carbonyl (C=O) groups excluding carboxylic acids is 1. The number of benzene rings is 1. The highest BCUT2D eigenvalue weighted by molar-refractivity contribution is 9.10. The smallest absolute Gasteiger partial charge is 0.261 e. The molecule has 1 heterocycles. The molecule has 106 valence electrons. The Bertz CT molecular complexity index is 625. The number of hydrogen-bond acceptors (Lipinski definition) is 4. The first-order chi connectivity index (χ1) is 9.52. The van der Waals surface area contributed by atoms with Crippen LogP contribution < -0.4 is 10.1 Å². The van der Waals surface area contributed by atoms with Crippen LogP contribution >= 0.6 is 15.9 Å². The molecule has 1 aromatic heterocycles. The van der Waals surface area contributed by atoms with E-state index in [9.17, 15) is 4.79 Å². The fraction of sp³-hybridized carbons (Fsp3) is 0.308. The van der Waals surface area contributed by atoms with Crippen molar-refractivity contribution in [3.8, 4) is 5.75 Å². The number of rotatable bonds is 4. The normalized spacial score (nSPS) is 10.7. The van der Waals surface area contributed by atoms with Crippen LogP contribution in [0.3, 0.4) is 0 Å². The molecule has 1 amide bonds. The first-order valence-electron chi connectivity index (χ1n) is 6.08. The van der Waals surface area contributed by atoms with Crippen molar-refractivity contribution in [3.05, 3.63) is 34.6 Å². The zero-order chi connectivity index (χ0) is 14.7. The van der Waals surface area contributed by atoms with Crippen LogP contribution in [0.15, 0.2) is 29.0 Å². The van der Waals surface area contributed by atoms with E-state index in [2.05, 4.69) is 31.3 Å². The standard InChI is InChI=1S/C13H15BrN4O2/c1-8(2)18-7-15-13(17-18)16-12(19)9-5-4-6-10(14)11(9)20-3/h4-8H,1-3H3,(H,16,17,19). The lowest BCUT2D eigenvalue weighted by Gasteiger charge is -2.09. The maximum Gasteiger partial charge on any atom is 0.261 e. The molecular formula is C13H15BrN4O2. The van der Waals surface area contributed by atoms with Gasteiger partial charge in [0.05, 0.1) is 17.1 Å². The predicted molar refractivity (Wildman–Crippen MR) is 79.1 cm³/mol. The average Bonchev–Trinajstić information content (AvgIpc) is 2.87. The third kappa shape index (κ3) is 2.98. The fourth-order valence-electron chi connectivity index (χ4n) is 1.64. The van der Waals surface area contributed by atoms with Gasteiger partial charge in [0.1, 0.15) is 12.1 Å². The first kappa shape index (κ1) is 14.5. The van der Waals surface area contributed by atoms with Crippen LogP contribution in [-0.2, 0) is 0 Å². The first-order valence-corrected chi connectivity index (χ1v) is 6.87. The van der Waals surface area contributed by atoms with E-state index in [4.69, 9.17) is 4.74 Å². The summed E-state index contributed by atoms with van der Waals surface area (Å²) < 4.78 is 7.62. The van der Waals surface area contributed by atoms with Gasteiger partial charge in [-0.15, -0.1) is 5.10 Å². The Labute approximate surface area is 125 Å². The van der Waals surface area contributed by atoms with Gasteiger partial charge in [-0.1, -0.05) is 6.07 Å². The molecule has 0 bridgehead atoms. The summed E-state index contributed by atoms with van der Waals surface area (Å²) in [4.78, 5) is 16.3. The quantitative estimate of drug-likeness (QED) is 0.930. The van der Waals surface area contributed by atoms with E-state index in [1.54, 1.807) is 29.2 Å². The molecule has 2 rings (SSSR count). The van der Waals surface area contributed by atoms with Gasteiger partial charge in [0, 0.05) is 6.04 Å². The number of ether oxygens (including phenoxy) is 1. The van der Waals surface area contributed by atoms with Crippen LogP contribution in [0, 0.1) is 0 Å². The third-order valence-electron chi connectivity index (χ3n) is 2.68. The number of nitrogens with one attached hydrogen (secondary N) is 1. The Morgan fingerprint density at radius 1 is 1.45 bits per heavy atom. The molecular weight excluding hydrogens is 324 g/mol. The van der Waals surface area contributed by atoms with Crippen LogP contribution in [0.2, 0.25) is 0 Å². The molecule has 2 aromatic rings. The van der Waals surface area contributed by atoms with Gasteiger partial charge in [0.2, 0.25) is 5.95 Å². The van der Waals surface area contributed by atoms with Crippen LogP contribution in [-0.4, -0.2) is 27.8 Å². The van der Waals surface area contributed by atoms with Gasteiger partial charge in [-0.3, -0.25) is 10.1 Å². The second kappa shape index (κ2) is 6.04. The third-order valence-corrected chi connectivity index (χ3v) is 3.30. The Hall–Kier alpha value is -1.89. The molecule has 1 aromatic carbocycles. The molecule has 0 aliphatic rings. The summed E-state index contributed by atoms with van der Waals surface area (Å²) in [5.41, 5.74) is 0.419. The number of anilines is 1. The zero-order valence-corrected chi connectivity index (χ0v) is 13.0. The Balaban J connectivity index is 2.21. The van der Waals surface area contributed by atoms with Gasteiger partial charge in [0.25, 0.3) is 5.91 Å². The van der Waals surface area contributed by atoms with Gasteiger partial charge in [0.15, 0.2) is 0 Å². The molecule has 6 nitrogen and oxygen atoms in total. The number of amides is 1. The van der Waals surface area contributed by atoms with Crippen molar-refractivity contribution in [1.29, 1.82) is 0 Å². The lowest BCUT2D eigenvalue weighted by Crippen LogP contribution is -2.15. The van der Waals surface area contributed by atoms with Crippen molar-refractivity contribution in [1.82, 2.24) is 14.8 Å². The Morgan fingerprint density at radius 3 is 2.80 bits per heavy atom. The molecule has 0 saturated carbocycles. The van der Waals surface area contributed by atoms with E-state index in [-0.39, 0.29) is 17.9 Å². The summed E-state index contributed by atoms with van der Waals surface area (Å²) in [7, 11) is 1.52. The lowest BCUT2D eigenvalue weighted by molar-refractivity contribution is 0.102. The summed E-state index contributed by atoms with van der Waals surface area (Å²) in [6.07, 6.45) is 1.58. The second-order valence-corrected chi connectivity index (χ2v) is 5.27. The van der Waals surface area contributed by atoms with Crippen LogP contribution in [0.4, 0.5) is 5.95 Å². The van der Waals surface area contributed by atoms with Crippen molar-refractivity contribution in [2.45, 2.75) is 19.9 Å². The minimum Gasteiger partial charge on any atom is -0.495 e. The maximum absolute atomic E-state index is 12.2. The van der Waals surface area contributed by atoms with Gasteiger partial charge >= 0.3 is 0 Å². The van der Waals surface area contributed by atoms with E-state index in [1.807, 2.05) is 13.8 Å². The van der Waals surface area contributed by atoms with Gasteiger partial charge < -0.3 is 4.74 Å². The molecule has 0 aliphatic carbocycles. The number of halogens is 1. The predicted octanol–water partition coefficient (Wildman–Crippen LogP) is 2.88. The molecule has 0 radical (unpaired) electrons. The SMILES string of the molecule is COc1c(Br)cccc1C(=O)Nc1ncn(C(C)C)n1. The number of hydrogen-bond donors (Lipinski definition) is 1. The highest BCUT2D eigenvalue weighted by atomic mass is 79.9. The van der Waals surface area contributed by atoms with Gasteiger partial charge in [-0.25, -0.2) is 9.67 Å². The van der Waals surface area contributed by atoms with E-state index in [1.165, 1.54) is 7.11 Å². The van der Waals surface area contributed by atoms with Gasteiger partial charge in [-0.2, -0.15) is 0 Å². The zero-order valence-electron chi connectivity index (χ0n) is 11.4. The van der Waals surface area contributed by atoms with Crippen LogP contribution in [0.25, 0.3) is 0 Å². The van der Waals surface area contributed by atoms with Gasteiger partial charge in [-0.05, 0) is 41.9 Å². The molecule has 0 unspecified atom stereocenters. The molecule has 20 heavy (non-hydrogen) atoms. The topological polar surface area (TPSA) is 69.0 Å². The highest BCUT2D eigenvalue weighted by Crippen LogP contribution is 2.29. The average molecular weight is 339 g/mol. The molecule has 7 heteroatoms. The molecule has 0 saturated heterocycles. The molecule has 0 spiro atoms. The highest BCUT2D eigenvalue weighted by Gasteiger charge is 2.16. The Kier molecular flexibility index (Phi) is 4.39.